The first-order valence-electron chi connectivity index (χ1n) is 9.55. The smallest absolute Gasteiger partial charge is 0.217 e. The minimum Gasteiger partial charge on any atom is -0.367 e. The van der Waals surface area contributed by atoms with Crippen molar-refractivity contribution in [3.8, 4) is 0 Å². The quantitative estimate of drug-likeness (QED) is 0.787. The Morgan fingerprint density at radius 3 is 2.21 bits per heavy atom. The average molecular weight is 424 g/mol. The van der Waals surface area contributed by atoms with Gasteiger partial charge in [-0.25, -0.2) is 8.78 Å². The molecule has 0 spiro atoms. The molecule has 0 radical (unpaired) electrons. The first kappa shape index (κ1) is 23.1. The van der Waals surface area contributed by atoms with E-state index in [0.717, 1.165) is 31.3 Å². The summed E-state index contributed by atoms with van der Waals surface area (Å²) in [6.07, 6.45) is 0. The lowest BCUT2D eigenvalue weighted by Crippen LogP contribution is -2.46. The fraction of sp³-hybridized carbons (Fsp3) is 0.409. The van der Waals surface area contributed by atoms with Gasteiger partial charge in [0, 0.05) is 45.7 Å². The summed E-state index contributed by atoms with van der Waals surface area (Å²) >= 11 is 0. The molecule has 0 unspecified atom stereocenters. The van der Waals surface area contributed by atoms with Gasteiger partial charge in [0.1, 0.15) is 11.6 Å². The van der Waals surface area contributed by atoms with Crippen molar-refractivity contribution in [2.75, 3.05) is 31.1 Å². The number of carbonyl (C=O) groups is 1. The zero-order valence-electron chi connectivity index (χ0n) is 17.0. The predicted octanol–water partition coefficient (Wildman–Crippen LogP) is 4.08. The van der Waals surface area contributed by atoms with Gasteiger partial charge in [0.2, 0.25) is 5.91 Å². The van der Waals surface area contributed by atoms with E-state index in [1.165, 1.54) is 24.6 Å². The van der Waals surface area contributed by atoms with Crippen LogP contribution in [0.3, 0.4) is 0 Å². The highest BCUT2D eigenvalue weighted by Crippen LogP contribution is 2.23. The van der Waals surface area contributed by atoms with E-state index in [1.807, 2.05) is 18.7 Å². The molecule has 3 rings (SSSR count). The Bertz CT molecular complexity index is 834. The molecule has 1 aliphatic rings. The van der Waals surface area contributed by atoms with Gasteiger partial charge in [0.05, 0.1) is 11.2 Å². The number of nitrogens with zero attached hydrogens (tertiary/aromatic N) is 2. The van der Waals surface area contributed by atoms with Gasteiger partial charge >= 0.3 is 0 Å². The zero-order valence-corrected chi connectivity index (χ0v) is 17.9. The fourth-order valence-corrected chi connectivity index (χ4v) is 3.68. The molecule has 0 atom stereocenters. The highest BCUT2D eigenvalue weighted by atomic mass is 35.5. The maximum absolute atomic E-state index is 14.0. The van der Waals surface area contributed by atoms with Crippen molar-refractivity contribution in [2.45, 2.75) is 32.9 Å². The number of anilines is 1. The van der Waals surface area contributed by atoms with Crippen LogP contribution >= 0.6 is 12.4 Å². The number of amides is 1. The average Bonchev–Trinajstić information content (AvgIpc) is 2.62. The second-order valence-corrected chi connectivity index (χ2v) is 7.86. The minimum absolute atomic E-state index is 0. The van der Waals surface area contributed by atoms with Crippen molar-refractivity contribution >= 4 is 24.0 Å². The molecular weight excluding hydrogens is 396 g/mol. The van der Waals surface area contributed by atoms with E-state index < -0.39 is 17.2 Å². The molecule has 2 aromatic rings. The Kier molecular flexibility index (Phi) is 7.60. The summed E-state index contributed by atoms with van der Waals surface area (Å²) in [5.41, 5.74) is 2.31. The molecule has 1 fully saturated rings. The lowest BCUT2D eigenvalue weighted by molar-refractivity contribution is -0.120. The maximum atomic E-state index is 14.0. The van der Waals surface area contributed by atoms with Crippen molar-refractivity contribution in [3.05, 3.63) is 65.2 Å². The van der Waals surface area contributed by atoms with Crippen LogP contribution in [0, 0.1) is 11.6 Å². The molecule has 1 saturated heterocycles. The number of carbonyl (C=O) groups excluding carboxylic acids is 1. The third kappa shape index (κ3) is 5.90. The van der Waals surface area contributed by atoms with Gasteiger partial charge in [-0.1, -0.05) is 24.3 Å². The topological polar surface area (TPSA) is 35.6 Å². The molecule has 0 aliphatic carbocycles. The van der Waals surface area contributed by atoms with Crippen molar-refractivity contribution in [3.63, 3.8) is 0 Å². The molecular formula is C22H28ClF2N3O. The molecule has 0 aromatic heterocycles. The summed E-state index contributed by atoms with van der Waals surface area (Å²) < 4.78 is 27.1. The van der Waals surface area contributed by atoms with Crippen LogP contribution in [0.4, 0.5) is 14.5 Å². The molecule has 1 heterocycles. The first-order valence-corrected chi connectivity index (χ1v) is 9.55. The van der Waals surface area contributed by atoms with Crippen LogP contribution in [0.2, 0.25) is 0 Å². The molecule has 158 valence electrons. The standard InChI is InChI=1S/C22H27F2N3O.ClH/c1-16(28)25-22(2,3)18-6-4-17(5-7-18)15-26-10-12-27(13-11-26)21-9-8-19(23)14-20(21)24;/h4-9,14H,10-13,15H2,1-3H3,(H,25,28);1H. The van der Waals surface area contributed by atoms with Crippen LogP contribution < -0.4 is 10.2 Å². The lowest BCUT2D eigenvalue weighted by Gasteiger charge is -2.36. The zero-order chi connectivity index (χ0) is 20.3. The SMILES string of the molecule is CC(=O)NC(C)(C)c1ccc(CN2CCN(c3ccc(F)cc3F)CC2)cc1.Cl. The molecule has 29 heavy (non-hydrogen) atoms. The second kappa shape index (κ2) is 9.55. The first-order chi connectivity index (χ1) is 13.2. The highest BCUT2D eigenvalue weighted by Gasteiger charge is 2.22. The number of halogens is 3. The molecule has 2 aromatic carbocycles. The highest BCUT2D eigenvalue weighted by molar-refractivity contribution is 5.85. The van der Waals surface area contributed by atoms with Crippen LogP contribution in [0.25, 0.3) is 0 Å². The van der Waals surface area contributed by atoms with Gasteiger partial charge in [-0.15, -0.1) is 12.4 Å². The van der Waals surface area contributed by atoms with Gasteiger partial charge in [0.25, 0.3) is 0 Å². The van der Waals surface area contributed by atoms with Crippen molar-refractivity contribution in [1.29, 1.82) is 0 Å². The Labute approximate surface area is 177 Å². The van der Waals surface area contributed by atoms with E-state index in [0.29, 0.717) is 18.8 Å². The lowest BCUT2D eigenvalue weighted by atomic mass is 9.93. The van der Waals surface area contributed by atoms with E-state index in [9.17, 15) is 13.6 Å². The largest absolute Gasteiger partial charge is 0.367 e. The maximum Gasteiger partial charge on any atom is 0.217 e. The molecule has 0 bridgehead atoms. The van der Waals surface area contributed by atoms with Crippen LogP contribution in [0.1, 0.15) is 31.9 Å². The summed E-state index contributed by atoms with van der Waals surface area (Å²) in [5.74, 6) is -1.11. The molecule has 0 saturated carbocycles. The van der Waals surface area contributed by atoms with Crippen LogP contribution in [-0.2, 0) is 16.9 Å². The van der Waals surface area contributed by atoms with Gasteiger partial charge in [-0.2, -0.15) is 0 Å². The summed E-state index contributed by atoms with van der Waals surface area (Å²) in [6, 6.07) is 12.0. The van der Waals surface area contributed by atoms with Gasteiger partial charge in [-0.3, -0.25) is 9.69 Å². The van der Waals surface area contributed by atoms with Gasteiger partial charge in [0.15, 0.2) is 0 Å². The van der Waals surface area contributed by atoms with E-state index in [-0.39, 0.29) is 18.3 Å². The molecule has 4 nitrogen and oxygen atoms in total. The molecule has 1 aliphatic heterocycles. The van der Waals surface area contributed by atoms with Crippen LogP contribution in [0.5, 0.6) is 0 Å². The third-order valence-electron chi connectivity index (χ3n) is 5.19. The van der Waals surface area contributed by atoms with Crippen LogP contribution in [-0.4, -0.2) is 37.0 Å². The van der Waals surface area contributed by atoms with E-state index in [4.69, 9.17) is 0 Å². The number of benzene rings is 2. The van der Waals surface area contributed by atoms with E-state index >= 15 is 0 Å². The van der Waals surface area contributed by atoms with Crippen molar-refractivity contribution in [2.24, 2.45) is 0 Å². The van der Waals surface area contributed by atoms with E-state index in [2.05, 4.69) is 34.5 Å². The Morgan fingerprint density at radius 2 is 1.66 bits per heavy atom. The van der Waals surface area contributed by atoms with Crippen LogP contribution in [0.15, 0.2) is 42.5 Å². The second-order valence-electron chi connectivity index (χ2n) is 7.86. The Hall–Kier alpha value is -2.18. The predicted molar refractivity (Wildman–Crippen MR) is 114 cm³/mol. The third-order valence-corrected chi connectivity index (χ3v) is 5.19. The van der Waals surface area contributed by atoms with Gasteiger partial charge in [-0.05, 0) is 37.1 Å². The summed E-state index contributed by atoms with van der Waals surface area (Å²) in [4.78, 5) is 15.7. The molecule has 7 heteroatoms. The normalized spacial score (nSPS) is 15.0. The molecule has 1 N–H and O–H groups in total. The molecule has 1 amide bonds. The van der Waals surface area contributed by atoms with Crippen molar-refractivity contribution in [1.82, 2.24) is 10.2 Å². The Morgan fingerprint density at radius 1 is 1.03 bits per heavy atom. The fourth-order valence-electron chi connectivity index (χ4n) is 3.68. The number of piperazine rings is 1. The Balaban J connectivity index is 0.00000300. The minimum atomic E-state index is -0.551. The number of hydrogen-bond donors (Lipinski definition) is 1. The monoisotopic (exact) mass is 423 g/mol. The van der Waals surface area contributed by atoms with Gasteiger partial charge < -0.3 is 10.2 Å². The van der Waals surface area contributed by atoms with Crippen molar-refractivity contribution < 1.29 is 13.6 Å². The number of rotatable bonds is 5. The number of nitrogens with one attached hydrogen (secondary N) is 1. The summed E-state index contributed by atoms with van der Waals surface area (Å²) in [7, 11) is 0. The summed E-state index contributed by atoms with van der Waals surface area (Å²) in [6.45, 7) is 9.35. The number of hydrogen-bond acceptors (Lipinski definition) is 3. The van der Waals surface area contributed by atoms with E-state index in [1.54, 1.807) is 0 Å². The summed E-state index contributed by atoms with van der Waals surface area (Å²) in [5, 5.41) is 2.96.